The predicted molar refractivity (Wildman–Crippen MR) is 75.8 cm³/mol. The van der Waals surface area contributed by atoms with Crippen LogP contribution in [0, 0.1) is 0 Å². The van der Waals surface area contributed by atoms with Gasteiger partial charge in [-0.15, -0.1) is 0 Å². The molecule has 1 aromatic carbocycles. The normalized spacial score (nSPS) is 10.2. The van der Waals surface area contributed by atoms with Gasteiger partial charge in [0.25, 0.3) is 5.91 Å². The van der Waals surface area contributed by atoms with E-state index < -0.39 is 5.91 Å². The zero-order valence-corrected chi connectivity index (χ0v) is 11.6. The molecule has 6 heteroatoms. The Bertz CT molecular complexity index is 631. The Balaban J connectivity index is 1.95. The topological polar surface area (TPSA) is 94.6 Å². The maximum absolute atomic E-state index is 11.5. The molecule has 21 heavy (non-hydrogen) atoms. The Hall–Kier alpha value is -2.60. The standard InChI is InChI=1S/C15H16N2O4/c1-2-14(18)10-3-5-12(6-4-10)21-9-13-7-11(8-20-13)15(19)17-16/h3-8H,2,9,16H2,1H3,(H,17,19). The molecule has 1 heterocycles. The van der Waals surface area contributed by atoms with Crippen molar-refractivity contribution in [3.8, 4) is 5.75 Å². The summed E-state index contributed by atoms with van der Waals surface area (Å²) < 4.78 is 10.7. The average molecular weight is 288 g/mol. The molecule has 0 fully saturated rings. The van der Waals surface area contributed by atoms with E-state index in [2.05, 4.69) is 0 Å². The largest absolute Gasteiger partial charge is 0.486 e. The van der Waals surface area contributed by atoms with Crippen LogP contribution in [0.15, 0.2) is 41.0 Å². The van der Waals surface area contributed by atoms with Gasteiger partial charge in [-0.05, 0) is 30.3 Å². The van der Waals surface area contributed by atoms with Gasteiger partial charge in [-0.2, -0.15) is 0 Å². The minimum atomic E-state index is -0.424. The van der Waals surface area contributed by atoms with E-state index in [1.807, 2.05) is 12.3 Å². The fraction of sp³-hybridized carbons (Fsp3) is 0.200. The van der Waals surface area contributed by atoms with Gasteiger partial charge >= 0.3 is 0 Å². The predicted octanol–water partition coefficient (Wildman–Crippen LogP) is 2.05. The summed E-state index contributed by atoms with van der Waals surface area (Å²) in [6, 6.07) is 8.43. The molecule has 2 rings (SSSR count). The number of nitrogen functional groups attached to an aromatic ring is 1. The van der Waals surface area contributed by atoms with Gasteiger partial charge in [0, 0.05) is 12.0 Å². The highest BCUT2D eigenvalue weighted by Gasteiger charge is 2.09. The molecule has 0 atom stereocenters. The van der Waals surface area contributed by atoms with Gasteiger partial charge in [-0.3, -0.25) is 15.0 Å². The molecule has 0 bridgehead atoms. The van der Waals surface area contributed by atoms with E-state index in [-0.39, 0.29) is 12.4 Å². The molecule has 0 spiro atoms. The van der Waals surface area contributed by atoms with Gasteiger partial charge in [-0.25, -0.2) is 5.84 Å². The first-order valence-corrected chi connectivity index (χ1v) is 6.48. The quantitative estimate of drug-likeness (QED) is 0.367. The van der Waals surface area contributed by atoms with Crippen molar-refractivity contribution in [1.82, 2.24) is 5.43 Å². The smallest absolute Gasteiger partial charge is 0.268 e. The lowest BCUT2D eigenvalue weighted by Gasteiger charge is -2.04. The van der Waals surface area contributed by atoms with E-state index >= 15 is 0 Å². The van der Waals surface area contributed by atoms with Crippen molar-refractivity contribution in [1.29, 1.82) is 0 Å². The van der Waals surface area contributed by atoms with Gasteiger partial charge in [0.2, 0.25) is 0 Å². The molecule has 0 aliphatic heterocycles. The van der Waals surface area contributed by atoms with Crippen molar-refractivity contribution in [3.05, 3.63) is 53.5 Å². The molecular weight excluding hydrogens is 272 g/mol. The Labute approximate surface area is 121 Å². The third kappa shape index (κ3) is 3.70. The second-order valence-electron chi connectivity index (χ2n) is 4.36. The van der Waals surface area contributed by atoms with Crippen LogP contribution in [-0.4, -0.2) is 11.7 Å². The summed E-state index contributed by atoms with van der Waals surface area (Å²) in [4.78, 5) is 22.8. The van der Waals surface area contributed by atoms with Crippen LogP contribution < -0.4 is 16.0 Å². The van der Waals surface area contributed by atoms with Crippen LogP contribution >= 0.6 is 0 Å². The molecule has 0 saturated heterocycles. The van der Waals surface area contributed by atoms with E-state index in [1.54, 1.807) is 30.3 Å². The van der Waals surface area contributed by atoms with Crippen molar-refractivity contribution in [2.75, 3.05) is 0 Å². The maximum Gasteiger partial charge on any atom is 0.268 e. The number of nitrogens with one attached hydrogen (secondary N) is 1. The third-order valence-electron chi connectivity index (χ3n) is 2.93. The first-order chi connectivity index (χ1) is 10.1. The van der Waals surface area contributed by atoms with Crippen LogP contribution in [-0.2, 0) is 6.61 Å². The molecule has 2 aromatic rings. The van der Waals surface area contributed by atoms with Crippen LogP contribution in [0.2, 0.25) is 0 Å². The molecule has 0 aliphatic carbocycles. The summed E-state index contributed by atoms with van der Waals surface area (Å²) in [5.74, 6) is 5.81. The lowest BCUT2D eigenvalue weighted by Crippen LogP contribution is -2.29. The molecule has 110 valence electrons. The van der Waals surface area contributed by atoms with Crippen LogP contribution in [0.1, 0.15) is 39.8 Å². The number of rotatable bonds is 6. The van der Waals surface area contributed by atoms with E-state index in [9.17, 15) is 9.59 Å². The highest BCUT2D eigenvalue weighted by molar-refractivity contribution is 5.95. The fourth-order valence-electron chi connectivity index (χ4n) is 1.75. The van der Waals surface area contributed by atoms with Gasteiger partial charge in [-0.1, -0.05) is 6.92 Å². The maximum atomic E-state index is 11.5. The number of ketones is 1. The highest BCUT2D eigenvalue weighted by Crippen LogP contribution is 2.16. The van der Waals surface area contributed by atoms with Crippen molar-refractivity contribution in [2.45, 2.75) is 20.0 Å². The molecule has 0 unspecified atom stereocenters. The number of Topliss-reactive ketones (excluding diaryl/α,β-unsaturated/α-hetero) is 1. The SMILES string of the molecule is CCC(=O)c1ccc(OCc2cc(C(=O)NN)co2)cc1. The molecular formula is C15H16N2O4. The number of carbonyl (C=O) groups excluding carboxylic acids is 2. The molecule has 1 amide bonds. The van der Waals surface area contributed by atoms with Gasteiger partial charge in [0.15, 0.2) is 5.78 Å². The second-order valence-corrected chi connectivity index (χ2v) is 4.36. The number of ether oxygens (including phenoxy) is 1. The van der Waals surface area contributed by atoms with Gasteiger partial charge in [0.1, 0.15) is 24.4 Å². The first-order valence-electron chi connectivity index (χ1n) is 6.48. The monoisotopic (exact) mass is 288 g/mol. The van der Waals surface area contributed by atoms with E-state index in [1.165, 1.54) is 6.26 Å². The number of nitrogens with two attached hydrogens (primary N) is 1. The lowest BCUT2D eigenvalue weighted by molar-refractivity contribution is 0.0951. The summed E-state index contributed by atoms with van der Waals surface area (Å²) >= 11 is 0. The second kappa shape index (κ2) is 6.71. The van der Waals surface area contributed by atoms with Crippen molar-refractivity contribution < 1.29 is 18.7 Å². The molecule has 0 saturated carbocycles. The number of benzene rings is 1. The zero-order valence-electron chi connectivity index (χ0n) is 11.6. The number of furan rings is 1. The van der Waals surface area contributed by atoms with E-state index in [4.69, 9.17) is 15.0 Å². The van der Waals surface area contributed by atoms with Gasteiger partial charge < -0.3 is 9.15 Å². The Kier molecular flexibility index (Phi) is 4.73. The fourth-order valence-corrected chi connectivity index (χ4v) is 1.75. The molecule has 0 radical (unpaired) electrons. The Morgan fingerprint density at radius 3 is 2.57 bits per heavy atom. The average Bonchev–Trinajstić information content (AvgIpc) is 3.01. The molecule has 3 N–H and O–H groups in total. The molecule has 1 aromatic heterocycles. The van der Waals surface area contributed by atoms with Crippen molar-refractivity contribution in [2.24, 2.45) is 5.84 Å². The summed E-state index contributed by atoms with van der Waals surface area (Å²) in [5, 5.41) is 0. The number of hydrogen-bond acceptors (Lipinski definition) is 5. The van der Waals surface area contributed by atoms with Crippen LogP contribution in [0.5, 0.6) is 5.75 Å². The number of amides is 1. The lowest BCUT2D eigenvalue weighted by atomic mass is 10.1. The van der Waals surface area contributed by atoms with Crippen LogP contribution in [0.25, 0.3) is 0 Å². The summed E-state index contributed by atoms with van der Waals surface area (Å²) in [7, 11) is 0. The Morgan fingerprint density at radius 2 is 1.95 bits per heavy atom. The zero-order chi connectivity index (χ0) is 15.2. The first kappa shape index (κ1) is 14.8. The Morgan fingerprint density at radius 1 is 1.24 bits per heavy atom. The minimum Gasteiger partial charge on any atom is -0.486 e. The summed E-state index contributed by atoms with van der Waals surface area (Å²) in [6.45, 7) is 2.00. The summed E-state index contributed by atoms with van der Waals surface area (Å²) in [6.07, 6.45) is 1.78. The van der Waals surface area contributed by atoms with E-state index in [0.717, 1.165) is 0 Å². The third-order valence-corrected chi connectivity index (χ3v) is 2.93. The van der Waals surface area contributed by atoms with Crippen LogP contribution in [0.3, 0.4) is 0 Å². The molecule has 0 aliphatic rings. The summed E-state index contributed by atoms with van der Waals surface area (Å²) in [5.41, 5.74) is 3.01. The highest BCUT2D eigenvalue weighted by atomic mass is 16.5. The van der Waals surface area contributed by atoms with Crippen LogP contribution in [0.4, 0.5) is 0 Å². The number of carbonyl (C=O) groups is 2. The number of hydrogen-bond donors (Lipinski definition) is 2. The van der Waals surface area contributed by atoms with E-state index in [0.29, 0.717) is 29.1 Å². The van der Waals surface area contributed by atoms with Gasteiger partial charge in [0.05, 0.1) is 5.56 Å². The number of hydrazine groups is 1. The minimum absolute atomic E-state index is 0.0880. The van der Waals surface area contributed by atoms with Crippen molar-refractivity contribution >= 4 is 11.7 Å². The molecule has 6 nitrogen and oxygen atoms in total. The van der Waals surface area contributed by atoms with Crippen molar-refractivity contribution in [3.63, 3.8) is 0 Å².